The van der Waals surface area contributed by atoms with Crippen molar-refractivity contribution < 1.29 is 0 Å². The van der Waals surface area contributed by atoms with E-state index in [2.05, 4.69) is 46.4 Å². The van der Waals surface area contributed by atoms with E-state index in [1.165, 1.54) is 50.5 Å². The second kappa shape index (κ2) is 8.61. The van der Waals surface area contributed by atoms with Gasteiger partial charge in [-0.15, -0.1) is 6.58 Å². The molecule has 1 unspecified atom stereocenters. The third kappa shape index (κ3) is 5.55. The van der Waals surface area contributed by atoms with E-state index in [1.54, 1.807) is 0 Å². The lowest BCUT2D eigenvalue weighted by molar-refractivity contribution is 0.281. The van der Waals surface area contributed by atoms with E-state index >= 15 is 0 Å². The van der Waals surface area contributed by atoms with Crippen LogP contribution in [-0.2, 0) is 0 Å². The van der Waals surface area contributed by atoms with Crippen molar-refractivity contribution in [3.8, 4) is 0 Å². The SMILES string of the molecule is C=C(C)CCC/C=C\CC1[C@@H](CCC)[C@H](C)C[C@@H]1C. The molecule has 4 atom stereocenters. The highest BCUT2D eigenvalue weighted by atomic mass is 14.4. The smallest absolute Gasteiger partial charge is 0.0317 e. The Bertz CT molecular complexity index is 286. The monoisotopic (exact) mass is 262 g/mol. The van der Waals surface area contributed by atoms with Crippen LogP contribution in [0.25, 0.3) is 0 Å². The van der Waals surface area contributed by atoms with Gasteiger partial charge in [0.2, 0.25) is 0 Å². The summed E-state index contributed by atoms with van der Waals surface area (Å²) in [6.07, 6.45) is 14.1. The summed E-state index contributed by atoms with van der Waals surface area (Å²) in [7, 11) is 0. The van der Waals surface area contributed by atoms with Crippen LogP contribution in [0.1, 0.15) is 72.6 Å². The molecule has 19 heavy (non-hydrogen) atoms. The van der Waals surface area contributed by atoms with Crippen molar-refractivity contribution in [2.24, 2.45) is 23.7 Å². The summed E-state index contributed by atoms with van der Waals surface area (Å²) < 4.78 is 0. The summed E-state index contributed by atoms with van der Waals surface area (Å²) in [6.45, 7) is 13.3. The number of allylic oxidation sites excluding steroid dienone is 3. The Balaban J connectivity index is 2.33. The van der Waals surface area contributed by atoms with Crippen LogP contribution in [-0.4, -0.2) is 0 Å². The Morgan fingerprint density at radius 3 is 2.47 bits per heavy atom. The fraction of sp³-hybridized carbons (Fsp3) is 0.789. The van der Waals surface area contributed by atoms with Crippen molar-refractivity contribution in [2.75, 3.05) is 0 Å². The minimum Gasteiger partial charge on any atom is -0.100 e. The van der Waals surface area contributed by atoms with Crippen LogP contribution >= 0.6 is 0 Å². The van der Waals surface area contributed by atoms with E-state index in [4.69, 9.17) is 0 Å². The molecule has 1 aliphatic rings. The van der Waals surface area contributed by atoms with Crippen LogP contribution in [0.5, 0.6) is 0 Å². The largest absolute Gasteiger partial charge is 0.100 e. The molecule has 1 saturated carbocycles. The van der Waals surface area contributed by atoms with Gasteiger partial charge < -0.3 is 0 Å². The fourth-order valence-electron chi connectivity index (χ4n) is 3.91. The molecule has 0 aromatic heterocycles. The van der Waals surface area contributed by atoms with Gasteiger partial charge in [0, 0.05) is 0 Å². The Morgan fingerprint density at radius 2 is 1.84 bits per heavy atom. The van der Waals surface area contributed by atoms with Gasteiger partial charge in [0.05, 0.1) is 0 Å². The fourth-order valence-corrected chi connectivity index (χ4v) is 3.91. The second-order valence-corrected chi connectivity index (χ2v) is 6.86. The van der Waals surface area contributed by atoms with E-state index in [1.807, 2.05) is 0 Å². The van der Waals surface area contributed by atoms with Gasteiger partial charge in [0.1, 0.15) is 0 Å². The van der Waals surface area contributed by atoms with Crippen LogP contribution in [0.4, 0.5) is 0 Å². The summed E-state index contributed by atoms with van der Waals surface area (Å²) in [5.74, 6) is 3.77. The molecule has 0 heterocycles. The molecule has 0 radical (unpaired) electrons. The van der Waals surface area contributed by atoms with Crippen molar-refractivity contribution in [2.45, 2.75) is 72.6 Å². The molecule has 0 aromatic carbocycles. The number of hydrogen-bond acceptors (Lipinski definition) is 0. The van der Waals surface area contributed by atoms with E-state index in [-0.39, 0.29) is 0 Å². The molecule has 0 aliphatic heterocycles. The molecule has 0 nitrogen and oxygen atoms in total. The third-order valence-electron chi connectivity index (χ3n) is 4.93. The van der Waals surface area contributed by atoms with Gasteiger partial charge in [-0.05, 0) is 62.7 Å². The molecule has 1 fully saturated rings. The molecule has 0 spiro atoms. The number of rotatable bonds is 8. The lowest BCUT2D eigenvalue weighted by Crippen LogP contribution is -2.15. The highest BCUT2D eigenvalue weighted by Crippen LogP contribution is 2.45. The zero-order valence-corrected chi connectivity index (χ0v) is 13.6. The Hall–Kier alpha value is -0.520. The molecule has 0 aromatic rings. The summed E-state index contributed by atoms with van der Waals surface area (Å²) in [5.41, 5.74) is 1.31. The van der Waals surface area contributed by atoms with Crippen LogP contribution in [0.2, 0.25) is 0 Å². The van der Waals surface area contributed by atoms with Gasteiger partial charge in [0.15, 0.2) is 0 Å². The first kappa shape index (κ1) is 16.5. The van der Waals surface area contributed by atoms with E-state index in [0.717, 1.165) is 23.7 Å². The minimum absolute atomic E-state index is 0.923. The van der Waals surface area contributed by atoms with Gasteiger partial charge in [-0.2, -0.15) is 0 Å². The standard InChI is InChI=1S/C19H34/c1-6-11-18-16(4)14-17(5)19(18)13-10-8-7-9-12-15(2)3/h8,10,16-19H,2,6-7,9,11-14H2,1,3-5H3/b10-8-/t16-,17+,18+,19?/m1/s1. The normalized spacial score (nSPS) is 31.2. The highest BCUT2D eigenvalue weighted by Gasteiger charge is 2.36. The van der Waals surface area contributed by atoms with Crippen molar-refractivity contribution in [1.82, 2.24) is 0 Å². The molecule has 1 rings (SSSR count). The topological polar surface area (TPSA) is 0 Å². The second-order valence-electron chi connectivity index (χ2n) is 6.86. The van der Waals surface area contributed by atoms with Crippen molar-refractivity contribution in [3.05, 3.63) is 24.3 Å². The van der Waals surface area contributed by atoms with Crippen molar-refractivity contribution in [1.29, 1.82) is 0 Å². The zero-order chi connectivity index (χ0) is 14.3. The first-order valence-electron chi connectivity index (χ1n) is 8.35. The maximum atomic E-state index is 3.96. The molecule has 110 valence electrons. The lowest BCUT2D eigenvalue weighted by Gasteiger charge is -2.23. The van der Waals surface area contributed by atoms with Crippen LogP contribution in [0, 0.1) is 23.7 Å². The maximum Gasteiger partial charge on any atom is -0.0317 e. The summed E-state index contributed by atoms with van der Waals surface area (Å²) in [4.78, 5) is 0. The maximum absolute atomic E-state index is 3.96. The number of unbranched alkanes of at least 4 members (excludes halogenated alkanes) is 1. The van der Waals surface area contributed by atoms with E-state index < -0.39 is 0 Å². The van der Waals surface area contributed by atoms with Crippen molar-refractivity contribution >= 4 is 0 Å². The minimum atomic E-state index is 0.923. The van der Waals surface area contributed by atoms with Crippen LogP contribution in [0.3, 0.4) is 0 Å². The average molecular weight is 262 g/mol. The average Bonchev–Trinajstić information content (AvgIpc) is 2.60. The molecular formula is C19H34. The first-order valence-corrected chi connectivity index (χ1v) is 8.35. The lowest BCUT2D eigenvalue weighted by atomic mass is 9.82. The summed E-state index contributed by atoms with van der Waals surface area (Å²) in [5, 5.41) is 0. The van der Waals surface area contributed by atoms with Crippen molar-refractivity contribution in [3.63, 3.8) is 0 Å². The molecule has 0 heteroatoms. The van der Waals surface area contributed by atoms with Gasteiger partial charge >= 0.3 is 0 Å². The Morgan fingerprint density at radius 1 is 1.16 bits per heavy atom. The Labute approximate surface area is 121 Å². The predicted octanol–water partition coefficient (Wildman–Crippen LogP) is 6.39. The van der Waals surface area contributed by atoms with E-state index in [0.29, 0.717) is 0 Å². The molecule has 1 aliphatic carbocycles. The molecular weight excluding hydrogens is 228 g/mol. The van der Waals surface area contributed by atoms with Crippen LogP contribution < -0.4 is 0 Å². The van der Waals surface area contributed by atoms with Gasteiger partial charge in [0.25, 0.3) is 0 Å². The van der Waals surface area contributed by atoms with Gasteiger partial charge in [-0.3, -0.25) is 0 Å². The Kier molecular flexibility index (Phi) is 7.49. The zero-order valence-electron chi connectivity index (χ0n) is 13.6. The predicted molar refractivity (Wildman–Crippen MR) is 87.3 cm³/mol. The molecule has 0 bridgehead atoms. The van der Waals surface area contributed by atoms with Crippen LogP contribution in [0.15, 0.2) is 24.3 Å². The quantitative estimate of drug-likeness (QED) is 0.351. The molecule has 0 amide bonds. The number of hydrogen-bond donors (Lipinski definition) is 0. The van der Waals surface area contributed by atoms with Gasteiger partial charge in [-0.1, -0.05) is 51.3 Å². The third-order valence-corrected chi connectivity index (χ3v) is 4.93. The molecule has 0 saturated heterocycles. The first-order chi connectivity index (χ1) is 9.06. The summed E-state index contributed by atoms with van der Waals surface area (Å²) in [6, 6.07) is 0. The summed E-state index contributed by atoms with van der Waals surface area (Å²) >= 11 is 0. The molecule has 0 N–H and O–H groups in total. The van der Waals surface area contributed by atoms with Gasteiger partial charge in [-0.25, -0.2) is 0 Å². The van der Waals surface area contributed by atoms with E-state index in [9.17, 15) is 0 Å². The highest BCUT2D eigenvalue weighted by molar-refractivity contribution is 4.94.